The van der Waals surface area contributed by atoms with Crippen LogP contribution in [0.4, 0.5) is 0 Å². The molecule has 7 aromatic carbocycles. The van der Waals surface area contributed by atoms with Crippen molar-refractivity contribution < 1.29 is 0 Å². The molecule has 9 rings (SSSR count). The van der Waals surface area contributed by atoms with E-state index in [9.17, 15) is 0 Å². The minimum atomic E-state index is 0.940. The number of rotatable bonds is 5. The van der Waals surface area contributed by atoms with E-state index in [1.54, 1.807) is 0 Å². The van der Waals surface area contributed by atoms with E-state index in [1.165, 1.54) is 44.2 Å². The zero-order chi connectivity index (χ0) is 30.5. The molecule has 0 saturated carbocycles. The van der Waals surface area contributed by atoms with Gasteiger partial charge in [0.2, 0.25) is 0 Å². The average Bonchev–Trinajstić information content (AvgIpc) is 3.69. The van der Waals surface area contributed by atoms with E-state index in [2.05, 4.69) is 173 Å². The molecule has 0 unspecified atom stereocenters. The lowest BCUT2D eigenvalue weighted by Gasteiger charge is -2.12. The van der Waals surface area contributed by atoms with Crippen LogP contribution >= 0.6 is 0 Å². The lowest BCUT2D eigenvalue weighted by Crippen LogP contribution is -1.98. The minimum absolute atomic E-state index is 0.940. The summed E-state index contributed by atoms with van der Waals surface area (Å²) in [5.41, 5.74) is 12.6. The molecule has 0 fully saturated rings. The third-order valence-corrected chi connectivity index (χ3v) is 8.91. The molecule has 46 heavy (non-hydrogen) atoms. The van der Waals surface area contributed by atoms with Gasteiger partial charge in [0.15, 0.2) is 0 Å². The molecule has 0 radical (unpaired) electrons. The minimum Gasteiger partial charge on any atom is -0.309 e. The average molecular weight is 588 g/mol. The maximum absolute atomic E-state index is 5.04. The van der Waals surface area contributed by atoms with Gasteiger partial charge < -0.3 is 4.57 Å². The van der Waals surface area contributed by atoms with Crippen molar-refractivity contribution in [1.82, 2.24) is 14.1 Å². The first kappa shape index (κ1) is 26.2. The van der Waals surface area contributed by atoms with Gasteiger partial charge in [-0.15, -0.1) is 0 Å². The van der Waals surface area contributed by atoms with Crippen LogP contribution in [0.3, 0.4) is 0 Å². The van der Waals surface area contributed by atoms with E-state index >= 15 is 0 Å². The monoisotopic (exact) mass is 587 g/mol. The van der Waals surface area contributed by atoms with Crippen molar-refractivity contribution in [3.8, 4) is 45.0 Å². The molecule has 3 nitrogen and oxygen atoms in total. The van der Waals surface area contributed by atoms with Crippen molar-refractivity contribution in [1.29, 1.82) is 0 Å². The van der Waals surface area contributed by atoms with Gasteiger partial charge in [-0.3, -0.25) is 4.57 Å². The quantitative estimate of drug-likeness (QED) is 0.196. The highest BCUT2D eigenvalue weighted by Gasteiger charge is 2.16. The molecule has 0 bridgehead atoms. The maximum atomic E-state index is 5.04. The number of imidazole rings is 1. The van der Waals surface area contributed by atoms with Gasteiger partial charge >= 0.3 is 0 Å². The number of hydrogen-bond acceptors (Lipinski definition) is 1. The van der Waals surface area contributed by atoms with Crippen LogP contribution in [0.2, 0.25) is 0 Å². The first-order valence-corrected chi connectivity index (χ1v) is 15.6. The molecule has 9 aromatic rings. The molecule has 0 aliphatic rings. The summed E-state index contributed by atoms with van der Waals surface area (Å²) in [5.74, 6) is 0.940. The summed E-state index contributed by atoms with van der Waals surface area (Å²) in [6, 6.07) is 62.6. The highest BCUT2D eigenvalue weighted by atomic mass is 15.1. The molecular weight excluding hydrogens is 558 g/mol. The Morgan fingerprint density at radius 3 is 1.70 bits per heavy atom. The summed E-state index contributed by atoms with van der Waals surface area (Å²) < 4.78 is 4.63. The second-order valence-electron chi connectivity index (χ2n) is 11.7. The number of hydrogen-bond donors (Lipinski definition) is 0. The first-order valence-electron chi connectivity index (χ1n) is 15.6. The molecule has 0 amide bonds. The Kier molecular flexibility index (Phi) is 6.14. The number of nitrogens with zero attached hydrogens (tertiary/aromatic N) is 3. The Morgan fingerprint density at radius 1 is 0.326 bits per heavy atom. The normalized spacial score (nSPS) is 11.5. The lowest BCUT2D eigenvalue weighted by molar-refractivity contribution is 1.10. The maximum Gasteiger partial charge on any atom is 0.145 e. The zero-order valence-corrected chi connectivity index (χ0v) is 25.1. The smallest absolute Gasteiger partial charge is 0.145 e. The van der Waals surface area contributed by atoms with Crippen LogP contribution in [0.1, 0.15) is 0 Å². The highest BCUT2D eigenvalue weighted by Crippen LogP contribution is 2.36. The van der Waals surface area contributed by atoms with Crippen LogP contribution in [-0.2, 0) is 0 Å². The Morgan fingerprint density at radius 2 is 0.891 bits per heavy atom. The summed E-state index contributed by atoms with van der Waals surface area (Å²) >= 11 is 0. The third-order valence-electron chi connectivity index (χ3n) is 8.91. The van der Waals surface area contributed by atoms with E-state index in [4.69, 9.17) is 4.98 Å². The van der Waals surface area contributed by atoms with E-state index in [-0.39, 0.29) is 0 Å². The SMILES string of the molecule is c1ccc(-c2nc3ccccc3n2-c2cccc(-c3cccc(-c4ccc5c(c4)c4ccccc4n5-c4ccccc4)c3)c2)cc1. The van der Waals surface area contributed by atoms with Crippen LogP contribution in [-0.4, -0.2) is 14.1 Å². The van der Waals surface area contributed by atoms with Crippen LogP contribution in [0, 0.1) is 0 Å². The predicted octanol–water partition coefficient (Wildman–Crippen LogP) is 11.1. The first-order chi connectivity index (χ1) is 22.8. The Hall–Kier alpha value is -6.19. The molecule has 2 heterocycles. The zero-order valence-electron chi connectivity index (χ0n) is 25.1. The van der Waals surface area contributed by atoms with Crippen molar-refractivity contribution in [2.75, 3.05) is 0 Å². The molecule has 3 heteroatoms. The van der Waals surface area contributed by atoms with Crippen LogP contribution < -0.4 is 0 Å². The molecule has 0 aliphatic heterocycles. The van der Waals surface area contributed by atoms with Gasteiger partial charge in [0.05, 0.1) is 22.1 Å². The molecular formula is C43H29N3. The summed E-state index contributed by atoms with van der Waals surface area (Å²) in [4.78, 5) is 5.04. The van der Waals surface area contributed by atoms with Crippen molar-refractivity contribution in [3.63, 3.8) is 0 Å². The van der Waals surface area contributed by atoms with E-state index < -0.39 is 0 Å². The second kappa shape index (κ2) is 10.8. The number of fused-ring (bicyclic) bond motifs is 4. The van der Waals surface area contributed by atoms with Gasteiger partial charge in [-0.25, -0.2) is 4.98 Å². The summed E-state index contributed by atoms with van der Waals surface area (Å²) in [6.45, 7) is 0. The predicted molar refractivity (Wildman–Crippen MR) is 192 cm³/mol. The van der Waals surface area contributed by atoms with Gasteiger partial charge in [-0.05, 0) is 82.9 Å². The van der Waals surface area contributed by atoms with Gasteiger partial charge in [-0.1, -0.05) is 115 Å². The van der Waals surface area contributed by atoms with Crippen molar-refractivity contribution in [2.45, 2.75) is 0 Å². The molecule has 0 N–H and O–H groups in total. The topological polar surface area (TPSA) is 22.8 Å². The Bertz CT molecular complexity index is 2520. The summed E-state index contributed by atoms with van der Waals surface area (Å²) in [5, 5.41) is 2.51. The van der Waals surface area contributed by atoms with Gasteiger partial charge in [0.25, 0.3) is 0 Å². The third kappa shape index (κ3) is 4.33. The number of aromatic nitrogens is 3. The van der Waals surface area contributed by atoms with Gasteiger partial charge in [0, 0.05) is 27.7 Å². The second-order valence-corrected chi connectivity index (χ2v) is 11.7. The van der Waals surface area contributed by atoms with Crippen molar-refractivity contribution in [2.24, 2.45) is 0 Å². The van der Waals surface area contributed by atoms with Crippen LogP contribution in [0.25, 0.3) is 77.9 Å². The van der Waals surface area contributed by atoms with E-state index in [0.29, 0.717) is 0 Å². The van der Waals surface area contributed by atoms with E-state index in [0.717, 1.165) is 33.7 Å². The fraction of sp³-hybridized carbons (Fsp3) is 0. The fourth-order valence-corrected chi connectivity index (χ4v) is 6.78. The largest absolute Gasteiger partial charge is 0.309 e. The fourth-order valence-electron chi connectivity index (χ4n) is 6.78. The highest BCUT2D eigenvalue weighted by molar-refractivity contribution is 6.10. The lowest BCUT2D eigenvalue weighted by atomic mass is 9.97. The summed E-state index contributed by atoms with van der Waals surface area (Å²) in [7, 11) is 0. The molecule has 216 valence electrons. The van der Waals surface area contributed by atoms with E-state index in [1.807, 2.05) is 12.1 Å². The van der Waals surface area contributed by atoms with Crippen molar-refractivity contribution in [3.05, 3.63) is 176 Å². The van der Waals surface area contributed by atoms with Crippen LogP contribution in [0.5, 0.6) is 0 Å². The van der Waals surface area contributed by atoms with Crippen LogP contribution in [0.15, 0.2) is 176 Å². The van der Waals surface area contributed by atoms with Crippen molar-refractivity contribution >= 4 is 32.8 Å². The van der Waals surface area contributed by atoms with Gasteiger partial charge in [0.1, 0.15) is 5.82 Å². The number of para-hydroxylation sites is 4. The standard InChI is InChI=1S/C43H29N3/c1-3-13-30(14-4-1)43-44-39-22-8-10-24-42(39)46(43)36-20-12-17-33(28-36)31-15-11-16-32(27-31)34-25-26-41-38(29-34)37-21-7-9-23-40(37)45(41)35-18-5-2-6-19-35/h1-29H. The molecule has 2 aromatic heterocycles. The Labute approximate surface area is 267 Å². The molecule has 0 atom stereocenters. The molecule has 0 aliphatic carbocycles. The molecule has 0 saturated heterocycles. The summed E-state index contributed by atoms with van der Waals surface area (Å²) in [6.07, 6.45) is 0. The number of benzene rings is 7. The Balaban J connectivity index is 1.15. The van der Waals surface area contributed by atoms with Gasteiger partial charge in [-0.2, -0.15) is 0 Å². The molecule has 0 spiro atoms.